The van der Waals surface area contributed by atoms with Crippen molar-refractivity contribution in [2.75, 3.05) is 13.1 Å². The van der Waals surface area contributed by atoms with Crippen LogP contribution in [0.5, 0.6) is 0 Å². The zero-order valence-electron chi connectivity index (χ0n) is 15.8. The van der Waals surface area contributed by atoms with Crippen LogP contribution < -0.4 is 16.0 Å². The lowest BCUT2D eigenvalue weighted by atomic mass is 10.1. The van der Waals surface area contributed by atoms with Gasteiger partial charge in [0, 0.05) is 23.5 Å². The minimum absolute atomic E-state index is 0.0316. The number of aliphatic imine (C=N–C) groups is 1. The van der Waals surface area contributed by atoms with Crippen molar-refractivity contribution in [3.8, 4) is 0 Å². The molecule has 1 aromatic heterocycles. The second-order valence-electron chi connectivity index (χ2n) is 6.03. The maximum Gasteiger partial charge on any atom is 0.251 e. The predicted octanol–water partition coefficient (Wildman–Crippen LogP) is 3.45. The van der Waals surface area contributed by atoms with Crippen molar-refractivity contribution in [3.63, 3.8) is 0 Å². The number of nitrogens with one attached hydrogen (secondary N) is 3. The van der Waals surface area contributed by atoms with E-state index < -0.39 is 0 Å². The van der Waals surface area contributed by atoms with Crippen molar-refractivity contribution in [3.05, 3.63) is 57.3 Å². The number of carbonyl (C=O) groups excluding carboxylic acids is 1. The van der Waals surface area contributed by atoms with Crippen LogP contribution >= 0.6 is 11.3 Å². The standard InChI is InChI=1S/C20H28N4OS/c1-4-10-22-19(25)17-8-6-7-16(12-17)13-23-20(21-5-2)24-14-18-15(3)9-11-26-18/h6-9,11-12H,4-5,10,13-14H2,1-3H3,(H,22,25)(H2,21,23,24). The highest BCUT2D eigenvalue weighted by Gasteiger charge is 2.06. The third-order valence-corrected chi connectivity index (χ3v) is 4.90. The third kappa shape index (κ3) is 6.19. The Kier molecular flexibility index (Phi) is 8.15. The first-order valence-electron chi connectivity index (χ1n) is 9.06. The van der Waals surface area contributed by atoms with E-state index in [4.69, 9.17) is 0 Å². The Morgan fingerprint density at radius 2 is 2.00 bits per heavy atom. The van der Waals surface area contributed by atoms with E-state index >= 15 is 0 Å². The molecule has 0 aliphatic heterocycles. The summed E-state index contributed by atoms with van der Waals surface area (Å²) >= 11 is 1.75. The topological polar surface area (TPSA) is 65.5 Å². The number of hydrogen-bond acceptors (Lipinski definition) is 3. The second-order valence-corrected chi connectivity index (χ2v) is 7.03. The summed E-state index contributed by atoms with van der Waals surface area (Å²) in [5.74, 6) is 0.747. The van der Waals surface area contributed by atoms with Gasteiger partial charge in [0.1, 0.15) is 0 Å². The van der Waals surface area contributed by atoms with Gasteiger partial charge < -0.3 is 16.0 Å². The van der Waals surface area contributed by atoms with Gasteiger partial charge >= 0.3 is 0 Å². The van der Waals surface area contributed by atoms with Gasteiger partial charge in [-0.1, -0.05) is 19.1 Å². The van der Waals surface area contributed by atoms with Crippen LogP contribution in [0.1, 0.15) is 46.6 Å². The van der Waals surface area contributed by atoms with Crippen molar-refractivity contribution in [1.29, 1.82) is 0 Å². The normalized spacial score (nSPS) is 11.3. The third-order valence-electron chi connectivity index (χ3n) is 3.87. The van der Waals surface area contributed by atoms with Gasteiger partial charge in [0.15, 0.2) is 5.96 Å². The Morgan fingerprint density at radius 3 is 2.69 bits per heavy atom. The van der Waals surface area contributed by atoms with Crippen molar-refractivity contribution >= 4 is 23.2 Å². The fourth-order valence-corrected chi connectivity index (χ4v) is 3.26. The van der Waals surface area contributed by atoms with Gasteiger partial charge in [0.25, 0.3) is 5.91 Å². The Bertz CT molecular complexity index is 739. The molecule has 0 fully saturated rings. The summed E-state index contributed by atoms with van der Waals surface area (Å²) in [7, 11) is 0. The molecule has 3 N–H and O–H groups in total. The van der Waals surface area contributed by atoms with Gasteiger partial charge in [-0.2, -0.15) is 0 Å². The summed E-state index contributed by atoms with van der Waals surface area (Å²) in [4.78, 5) is 18.0. The van der Waals surface area contributed by atoms with E-state index in [1.54, 1.807) is 11.3 Å². The summed E-state index contributed by atoms with van der Waals surface area (Å²) in [6.07, 6.45) is 0.928. The number of amides is 1. The van der Waals surface area contributed by atoms with E-state index in [-0.39, 0.29) is 5.91 Å². The van der Waals surface area contributed by atoms with Gasteiger partial charge in [-0.25, -0.2) is 4.99 Å². The lowest BCUT2D eigenvalue weighted by Gasteiger charge is -2.11. The molecule has 0 saturated heterocycles. The number of aryl methyl sites for hydroxylation is 1. The van der Waals surface area contributed by atoms with E-state index in [9.17, 15) is 4.79 Å². The minimum Gasteiger partial charge on any atom is -0.357 e. The molecular weight excluding hydrogens is 344 g/mol. The Labute approximate surface area is 159 Å². The lowest BCUT2D eigenvalue weighted by Crippen LogP contribution is -2.36. The monoisotopic (exact) mass is 372 g/mol. The Hall–Kier alpha value is -2.34. The van der Waals surface area contributed by atoms with Crippen LogP contribution in [0.3, 0.4) is 0 Å². The molecule has 0 saturated carbocycles. The molecule has 1 amide bonds. The zero-order valence-corrected chi connectivity index (χ0v) is 16.6. The van der Waals surface area contributed by atoms with Crippen LogP contribution in [0.4, 0.5) is 0 Å². The molecule has 0 unspecified atom stereocenters. The van der Waals surface area contributed by atoms with Gasteiger partial charge in [-0.05, 0) is 55.0 Å². The number of carbonyl (C=O) groups is 1. The van der Waals surface area contributed by atoms with E-state index in [0.29, 0.717) is 18.7 Å². The molecule has 0 radical (unpaired) electrons. The van der Waals surface area contributed by atoms with Crippen molar-refractivity contribution in [2.24, 2.45) is 4.99 Å². The predicted molar refractivity (Wildman–Crippen MR) is 110 cm³/mol. The molecule has 5 nitrogen and oxygen atoms in total. The molecule has 26 heavy (non-hydrogen) atoms. The molecular formula is C20H28N4OS. The SMILES string of the molecule is CCCNC(=O)c1cccc(CN=C(NCC)NCc2sccc2C)c1. The highest BCUT2D eigenvalue weighted by molar-refractivity contribution is 7.10. The largest absolute Gasteiger partial charge is 0.357 e. The summed E-state index contributed by atoms with van der Waals surface area (Å²) in [5, 5.41) is 11.6. The van der Waals surface area contributed by atoms with Gasteiger partial charge in [0.2, 0.25) is 0 Å². The average Bonchev–Trinajstić information content (AvgIpc) is 3.07. The second kappa shape index (κ2) is 10.6. The first-order valence-corrected chi connectivity index (χ1v) is 9.94. The Balaban J connectivity index is 1.99. The highest BCUT2D eigenvalue weighted by atomic mass is 32.1. The average molecular weight is 373 g/mol. The molecule has 2 rings (SSSR count). The van der Waals surface area contributed by atoms with E-state index in [0.717, 1.165) is 31.0 Å². The fourth-order valence-electron chi connectivity index (χ4n) is 2.41. The summed E-state index contributed by atoms with van der Waals surface area (Å²) in [6, 6.07) is 9.76. The van der Waals surface area contributed by atoms with E-state index in [1.807, 2.05) is 38.1 Å². The first-order chi connectivity index (χ1) is 12.6. The summed E-state index contributed by atoms with van der Waals surface area (Å²) in [5.41, 5.74) is 2.99. The van der Waals surface area contributed by atoms with Crippen molar-refractivity contribution < 1.29 is 4.79 Å². The van der Waals surface area contributed by atoms with E-state index in [1.165, 1.54) is 10.4 Å². The number of thiophene rings is 1. The molecule has 0 spiro atoms. The number of hydrogen-bond donors (Lipinski definition) is 3. The summed E-state index contributed by atoms with van der Waals surface area (Å²) < 4.78 is 0. The number of rotatable bonds is 8. The van der Waals surface area contributed by atoms with Crippen LogP contribution in [0.15, 0.2) is 40.7 Å². The highest BCUT2D eigenvalue weighted by Crippen LogP contribution is 2.14. The number of nitrogens with zero attached hydrogens (tertiary/aromatic N) is 1. The minimum atomic E-state index is -0.0316. The molecule has 2 aromatic rings. The Morgan fingerprint density at radius 1 is 1.15 bits per heavy atom. The van der Waals surface area contributed by atoms with Crippen molar-refractivity contribution in [2.45, 2.75) is 40.3 Å². The lowest BCUT2D eigenvalue weighted by molar-refractivity contribution is 0.0953. The molecule has 0 aliphatic carbocycles. The van der Waals surface area contributed by atoms with Crippen LogP contribution in [-0.2, 0) is 13.1 Å². The van der Waals surface area contributed by atoms with Crippen LogP contribution in [0, 0.1) is 6.92 Å². The summed E-state index contributed by atoms with van der Waals surface area (Å²) in [6.45, 7) is 8.98. The van der Waals surface area contributed by atoms with Crippen LogP contribution in [0.25, 0.3) is 0 Å². The molecule has 0 atom stereocenters. The van der Waals surface area contributed by atoms with E-state index in [2.05, 4.69) is 39.3 Å². The van der Waals surface area contributed by atoms with Gasteiger partial charge in [-0.15, -0.1) is 11.3 Å². The molecule has 0 aliphatic rings. The molecule has 1 aromatic carbocycles. The van der Waals surface area contributed by atoms with Crippen molar-refractivity contribution in [1.82, 2.24) is 16.0 Å². The zero-order chi connectivity index (χ0) is 18.8. The van der Waals surface area contributed by atoms with Crippen LogP contribution in [0.2, 0.25) is 0 Å². The smallest absolute Gasteiger partial charge is 0.251 e. The molecule has 0 bridgehead atoms. The van der Waals surface area contributed by atoms with Gasteiger partial charge in [0.05, 0.1) is 13.1 Å². The molecule has 1 heterocycles. The molecule has 6 heteroatoms. The molecule has 140 valence electrons. The van der Waals surface area contributed by atoms with Crippen LogP contribution in [-0.4, -0.2) is 25.0 Å². The maximum atomic E-state index is 12.1. The fraction of sp³-hybridized carbons (Fsp3) is 0.400. The maximum absolute atomic E-state index is 12.1. The van der Waals surface area contributed by atoms with Gasteiger partial charge in [-0.3, -0.25) is 4.79 Å². The number of guanidine groups is 1. The first kappa shape index (κ1) is 20.0. The quantitative estimate of drug-likeness (QED) is 0.491. The number of benzene rings is 1.